The SMILES string of the molecule is CCCCOC(=O)NC1CCN(C(=O)CCCOc2ccccc2Cl)CC1. The molecule has 1 aromatic rings. The standard InChI is InChI=1S/C20H29ClN2O4/c1-2-3-14-27-20(25)22-16-10-12-23(13-11-16)19(24)9-6-15-26-18-8-5-4-7-17(18)21/h4-5,7-8,16H,2-3,6,9-15H2,1H3,(H,22,25). The Morgan fingerprint density at radius 2 is 1.93 bits per heavy atom. The largest absolute Gasteiger partial charge is 0.492 e. The van der Waals surface area contributed by atoms with Crippen LogP contribution in [0.15, 0.2) is 24.3 Å². The van der Waals surface area contributed by atoms with Crippen molar-refractivity contribution in [3.8, 4) is 5.75 Å². The van der Waals surface area contributed by atoms with Crippen molar-refractivity contribution in [3.63, 3.8) is 0 Å². The lowest BCUT2D eigenvalue weighted by atomic mass is 10.0. The van der Waals surface area contributed by atoms with Gasteiger partial charge in [0, 0.05) is 25.6 Å². The zero-order chi connectivity index (χ0) is 19.5. The van der Waals surface area contributed by atoms with Crippen molar-refractivity contribution >= 4 is 23.6 Å². The second-order valence-corrected chi connectivity index (χ2v) is 7.08. The van der Waals surface area contributed by atoms with Crippen LogP contribution in [-0.2, 0) is 9.53 Å². The number of unbranched alkanes of at least 4 members (excludes halogenated alkanes) is 1. The van der Waals surface area contributed by atoms with Gasteiger partial charge in [-0.2, -0.15) is 0 Å². The highest BCUT2D eigenvalue weighted by Gasteiger charge is 2.23. The lowest BCUT2D eigenvalue weighted by molar-refractivity contribution is -0.132. The van der Waals surface area contributed by atoms with Crippen molar-refractivity contribution in [2.75, 3.05) is 26.3 Å². The number of para-hydroxylation sites is 1. The van der Waals surface area contributed by atoms with Crippen molar-refractivity contribution in [1.29, 1.82) is 0 Å². The number of ether oxygens (including phenoxy) is 2. The molecule has 1 aliphatic rings. The third-order valence-corrected chi connectivity index (χ3v) is 4.84. The number of nitrogens with zero attached hydrogens (tertiary/aromatic N) is 1. The van der Waals surface area contributed by atoms with Crippen LogP contribution in [0.2, 0.25) is 5.02 Å². The molecule has 0 aliphatic carbocycles. The molecule has 1 aromatic carbocycles. The molecule has 0 bridgehead atoms. The van der Waals surface area contributed by atoms with Gasteiger partial charge in [0.2, 0.25) is 5.91 Å². The van der Waals surface area contributed by atoms with E-state index in [4.69, 9.17) is 21.1 Å². The Kier molecular flexibility index (Phi) is 9.25. The quantitative estimate of drug-likeness (QED) is 0.640. The summed E-state index contributed by atoms with van der Waals surface area (Å²) in [5.41, 5.74) is 0. The minimum Gasteiger partial charge on any atom is -0.492 e. The molecule has 1 fully saturated rings. The van der Waals surface area contributed by atoms with Crippen molar-refractivity contribution in [1.82, 2.24) is 10.2 Å². The molecular formula is C20H29ClN2O4. The van der Waals surface area contributed by atoms with E-state index in [0.717, 1.165) is 25.7 Å². The van der Waals surface area contributed by atoms with Gasteiger partial charge in [0.1, 0.15) is 5.75 Å². The minimum absolute atomic E-state index is 0.0757. The average Bonchev–Trinajstić information content (AvgIpc) is 2.67. The number of nitrogens with one attached hydrogen (secondary N) is 1. The number of hydrogen-bond donors (Lipinski definition) is 1. The Hall–Kier alpha value is -1.95. The summed E-state index contributed by atoms with van der Waals surface area (Å²) in [5, 5.41) is 3.46. The molecular weight excluding hydrogens is 368 g/mol. The topological polar surface area (TPSA) is 67.9 Å². The number of carbonyl (C=O) groups is 2. The summed E-state index contributed by atoms with van der Waals surface area (Å²) in [4.78, 5) is 25.8. The van der Waals surface area contributed by atoms with Crippen LogP contribution in [0.5, 0.6) is 5.75 Å². The van der Waals surface area contributed by atoms with E-state index in [0.29, 0.717) is 49.9 Å². The monoisotopic (exact) mass is 396 g/mol. The molecule has 0 atom stereocenters. The number of halogens is 1. The Balaban J connectivity index is 1.59. The Morgan fingerprint density at radius 1 is 1.19 bits per heavy atom. The van der Waals surface area contributed by atoms with Crippen LogP contribution in [0, 0.1) is 0 Å². The van der Waals surface area contributed by atoms with Gasteiger partial charge in [-0.25, -0.2) is 4.79 Å². The van der Waals surface area contributed by atoms with E-state index in [9.17, 15) is 9.59 Å². The molecule has 7 heteroatoms. The normalized spacial score (nSPS) is 14.7. The molecule has 6 nitrogen and oxygen atoms in total. The Bertz CT molecular complexity index is 603. The van der Waals surface area contributed by atoms with E-state index in [1.54, 1.807) is 6.07 Å². The maximum Gasteiger partial charge on any atom is 0.407 e. The van der Waals surface area contributed by atoms with Gasteiger partial charge >= 0.3 is 6.09 Å². The zero-order valence-electron chi connectivity index (χ0n) is 15.9. The third kappa shape index (κ3) is 7.67. The summed E-state index contributed by atoms with van der Waals surface area (Å²) >= 11 is 6.03. The summed E-state index contributed by atoms with van der Waals surface area (Å²) < 4.78 is 10.7. The fraction of sp³-hybridized carbons (Fsp3) is 0.600. The first-order valence-corrected chi connectivity index (χ1v) is 10.1. The van der Waals surface area contributed by atoms with Crippen molar-refractivity contribution in [3.05, 3.63) is 29.3 Å². The van der Waals surface area contributed by atoms with Crippen LogP contribution >= 0.6 is 11.6 Å². The molecule has 0 radical (unpaired) electrons. The van der Waals surface area contributed by atoms with Crippen LogP contribution in [0.1, 0.15) is 45.4 Å². The summed E-state index contributed by atoms with van der Waals surface area (Å²) in [6.07, 6.45) is 4.12. The molecule has 2 rings (SSSR count). The van der Waals surface area contributed by atoms with E-state index < -0.39 is 0 Å². The van der Waals surface area contributed by atoms with Crippen LogP contribution in [0.4, 0.5) is 4.79 Å². The number of likely N-dealkylation sites (tertiary alicyclic amines) is 1. The van der Waals surface area contributed by atoms with Gasteiger partial charge in [0.25, 0.3) is 0 Å². The molecule has 1 saturated heterocycles. The maximum absolute atomic E-state index is 12.3. The second kappa shape index (κ2) is 11.7. The van der Waals surface area contributed by atoms with Crippen LogP contribution < -0.4 is 10.1 Å². The molecule has 1 aliphatic heterocycles. The van der Waals surface area contributed by atoms with Gasteiger partial charge < -0.3 is 19.7 Å². The molecule has 0 spiro atoms. The highest BCUT2D eigenvalue weighted by atomic mass is 35.5. The predicted molar refractivity (Wildman–Crippen MR) is 105 cm³/mol. The van der Waals surface area contributed by atoms with Crippen molar-refractivity contribution in [2.45, 2.75) is 51.5 Å². The summed E-state index contributed by atoms with van der Waals surface area (Å²) in [6, 6.07) is 7.38. The van der Waals surface area contributed by atoms with Crippen LogP contribution in [0.25, 0.3) is 0 Å². The highest BCUT2D eigenvalue weighted by molar-refractivity contribution is 6.32. The lowest BCUT2D eigenvalue weighted by Gasteiger charge is -2.32. The number of piperidine rings is 1. The van der Waals surface area contributed by atoms with Gasteiger partial charge in [-0.05, 0) is 37.8 Å². The lowest BCUT2D eigenvalue weighted by Crippen LogP contribution is -2.46. The second-order valence-electron chi connectivity index (χ2n) is 6.67. The van der Waals surface area contributed by atoms with Gasteiger partial charge in [-0.3, -0.25) is 4.79 Å². The molecule has 1 N–H and O–H groups in total. The highest BCUT2D eigenvalue weighted by Crippen LogP contribution is 2.23. The zero-order valence-corrected chi connectivity index (χ0v) is 16.7. The molecule has 150 valence electrons. The van der Waals surface area contributed by atoms with Gasteiger partial charge in [-0.1, -0.05) is 37.1 Å². The number of alkyl carbamates (subject to hydrolysis) is 1. The summed E-state index contributed by atoms with van der Waals surface area (Å²) in [5.74, 6) is 0.769. The number of hydrogen-bond acceptors (Lipinski definition) is 4. The molecule has 0 unspecified atom stereocenters. The Morgan fingerprint density at radius 3 is 2.63 bits per heavy atom. The summed E-state index contributed by atoms with van der Waals surface area (Å²) in [7, 11) is 0. The van der Waals surface area contributed by atoms with E-state index >= 15 is 0 Å². The average molecular weight is 397 g/mol. The fourth-order valence-corrected chi connectivity index (χ4v) is 3.11. The molecule has 1 heterocycles. The van der Waals surface area contributed by atoms with E-state index in [1.807, 2.05) is 23.1 Å². The number of carbonyl (C=O) groups excluding carboxylic acids is 2. The fourth-order valence-electron chi connectivity index (χ4n) is 2.92. The number of benzene rings is 1. The van der Waals surface area contributed by atoms with Crippen molar-refractivity contribution < 1.29 is 19.1 Å². The minimum atomic E-state index is -0.357. The van der Waals surface area contributed by atoms with E-state index in [-0.39, 0.29) is 18.0 Å². The van der Waals surface area contributed by atoms with Gasteiger partial charge in [0.05, 0.1) is 18.2 Å². The Labute approximate surface area is 166 Å². The molecule has 0 saturated carbocycles. The van der Waals surface area contributed by atoms with E-state index in [2.05, 4.69) is 12.2 Å². The molecule has 0 aromatic heterocycles. The first-order chi connectivity index (χ1) is 13.1. The summed E-state index contributed by atoms with van der Waals surface area (Å²) in [6.45, 7) is 4.28. The molecule has 2 amide bonds. The van der Waals surface area contributed by atoms with Crippen molar-refractivity contribution in [2.24, 2.45) is 0 Å². The molecule has 27 heavy (non-hydrogen) atoms. The third-order valence-electron chi connectivity index (χ3n) is 4.53. The first kappa shape index (κ1) is 21.4. The number of amides is 2. The van der Waals surface area contributed by atoms with Gasteiger partial charge in [-0.15, -0.1) is 0 Å². The number of rotatable bonds is 9. The van der Waals surface area contributed by atoms with Crippen LogP contribution in [-0.4, -0.2) is 49.2 Å². The smallest absolute Gasteiger partial charge is 0.407 e. The first-order valence-electron chi connectivity index (χ1n) is 9.68. The van der Waals surface area contributed by atoms with Gasteiger partial charge in [0.15, 0.2) is 0 Å². The predicted octanol–water partition coefficient (Wildman–Crippen LogP) is 4.02. The van der Waals surface area contributed by atoms with Crippen LogP contribution in [0.3, 0.4) is 0 Å². The van der Waals surface area contributed by atoms with E-state index in [1.165, 1.54) is 0 Å². The maximum atomic E-state index is 12.3.